The highest BCUT2D eigenvalue weighted by Crippen LogP contribution is 2.15. The van der Waals surface area contributed by atoms with Gasteiger partial charge in [0.25, 0.3) is 0 Å². The number of rotatable bonds is 7. The molecule has 0 aliphatic rings. The molecule has 2 amide bonds. The molecule has 0 fully saturated rings. The van der Waals surface area contributed by atoms with Gasteiger partial charge in [0.1, 0.15) is 0 Å². The molecule has 0 saturated carbocycles. The summed E-state index contributed by atoms with van der Waals surface area (Å²) in [7, 11) is 3.53. The summed E-state index contributed by atoms with van der Waals surface area (Å²) in [5.74, 6) is 0. The lowest BCUT2D eigenvalue weighted by molar-refractivity contribution is 0.146. The molecular formula is C18H25ClN4O2. The number of carbonyl (C=O) groups excluding carboxylic acids is 1. The van der Waals surface area contributed by atoms with Crippen molar-refractivity contribution in [2.24, 2.45) is 7.05 Å². The molecule has 1 N–H and O–H groups in total. The maximum atomic E-state index is 12.6. The van der Waals surface area contributed by atoms with Crippen LogP contribution in [0.5, 0.6) is 0 Å². The van der Waals surface area contributed by atoms with E-state index in [0.717, 1.165) is 22.5 Å². The van der Waals surface area contributed by atoms with Gasteiger partial charge in [-0.1, -0.05) is 23.7 Å². The van der Waals surface area contributed by atoms with Crippen molar-refractivity contribution in [1.29, 1.82) is 0 Å². The molecule has 7 heteroatoms. The van der Waals surface area contributed by atoms with Gasteiger partial charge in [0.05, 0.1) is 18.8 Å². The average molecular weight is 365 g/mol. The van der Waals surface area contributed by atoms with Crippen molar-refractivity contribution in [1.82, 2.24) is 20.0 Å². The highest BCUT2D eigenvalue weighted by atomic mass is 35.5. The lowest BCUT2D eigenvalue weighted by Crippen LogP contribution is -2.41. The SMILES string of the molecule is COCCN(Cc1c(C)nn(C)c1C)C(=O)NCc1cccc(Cl)c1. The van der Waals surface area contributed by atoms with Crippen LogP contribution >= 0.6 is 11.6 Å². The first-order valence-corrected chi connectivity index (χ1v) is 8.55. The Morgan fingerprint density at radius 2 is 2.16 bits per heavy atom. The molecule has 2 aromatic rings. The maximum absolute atomic E-state index is 12.6. The van der Waals surface area contributed by atoms with Crippen molar-refractivity contribution in [3.63, 3.8) is 0 Å². The standard InChI is InChI=1S/C18H25ClN4O2/c1-13-17(14(2)22(3)21-13)12-23(8-9-25-4)18(24)20-11-15-6-5-7-16(19)10-15/h5-7,10H,8-9,11-12H2,1-4H3,(H,20,24). The molecule has 0 unspecified atom stereocenters. The van der Waals surface area contributed by atoms with E-state index in [2.05, 4.69) is 10.4 Å². The van der Waals surface area contributed by atoms with Gasteiger partial charge in [0.15, 0.2) is 0 Å². The van der Waals surface area contributed by atoms with Crippen LogP contribution in [0.4, 0.5) is 4.79 Å². The third kappa shape index (κ3) is 5.21. The topological polar surface area (TPSA) is 59.4 Å². The maximum Gasteiger partial charge on any atom is 0.318 e. The molecule has 136 valence electrons. The van der Waals surface area contributed by atoms with Gasteiger partial charge in [0, 0.05) is 43.5 Å². The average Bonchev–Trinajstić information content (AvgIpc) is 2.82. The Kier molecular flexibility index (Phi) is 6.84. The Morgan fingerprint density at radius 3 is 2.76 bits per heavy atom. The van der Waals surface area contributed by atoms with Crippen LogP contribution in [0.15, 0.2) is 24.3 Å². The molecule has 2 rings (SSSR count). The summed E-state index contributed by atoms with van der Waals surface area (Å²) in [5, 5.41) is 8.02. The van der Waals surface area contributed by atoms with Gasteiger partial charge in [0.2, 0.25) is 0 Å². The van der Waals surface area contributed by atoms with E-state index in [1.54, 1.807) is 12.0 Å². The van der Waals surface area contributed by atoms with Crippen molar-refractivity contribution in [2.45, 2.75) is 26.9 Å². The summed E-state index contributed by atoms with van der Waals surface area (Å²) in [6.45, 7) is 5.87. The lowest BCUT2D eigenvalue weighted by atomic mass is 10.2. The highest BCUT2D eigenvalue weighted by Gasteiger charge is 2.18. The fraction of sp³-hybridized carbons (Fsp3) is 0.444. The fourth-order valence-electron chi connectivity index (χ4n) is 2.63. The largest absolute Gasteiger partial charge is 0.383 e. The van der Waals surface area contributed by atoms with Gasteiger partial charge in [-0.15, -0.1) is 0 Å². The van der Waals surface area contributed by atoms with E-state index >= 15 is 0 Å². The summed E-state index contributed by atoms with van der Waals surface area (Å²) in [5.41, 5.74) is 4.02. The van der Waals surface area contributed by atoms with E-state index in [-0.39, 0.29) is 6.03 Å². The Hall–Kier alpha value is -2.05. The minimum absolute atomic E-state index is 0.139. The second kappa shape index (κ2) is 8.87. The number of halogens is 1. The Balaban J connectivity index is 2.06. The third-order valence-corrected chi connectivity index (χ3v) is 4.43. The minimum atomic E-state index is -0.139. The van der Waals surface area contributed by atoms with Crippen LogP contribution in [0, 0.1) is 13.8 Å². The number of carbonyl (C=O) groups is 1. The normalized spacial score (nSPS) is 10.8. The number of aromatic nitrogens is 2. The minimum Gasteiger partial charge on any atom is -0.383 e. The number of benzene rings is 1. The zero-order valence-corrected chi connectivity index (χ0v) is 15.9. The predicted octanol–water partition coefficient (Wildman–Crippen LogP) is 3.05. The van der Waals surface area contributed by atoms with Crippen molar-refractivity contribution < 1.29 is 9.53 Å². The number of hydrogen-bond donors (Lipinski definition) is 1. The molecule has 1 heterocycles. The quantitative estimate of drug-likeness (QED) is 0.821. The number of nitrogens with one attached hydrogen (secondary N) is 1. The molecule has 0 atom stereocenters. The Morgan fingerprint density at radius 1 is 1.40 bits per heavy atom. The van der Waals surface area contributed by atoms with Gasteiger partial charge in [-0.25, -0.2) is 4.79 Å². The van der Waals surface area contributed by atoms with E-state index in [1.807, 2.05) is 49.8 Å². The van der Waals surface area contributed by atoms with Crippen molar-refractivity contribution in [3.8, 4) is 0 Å². The Bertz CT molecular complexity index is 730. The van der Waals surface area contributed by atoms with Crippen molar-refractivity contribution in [3.05, 3.63) is 51.8 Å². The molecule has 0 aliphatic carbocycles. The predicted molar refractivity (Wildman–Crippen MR) is 98.7 cm³/mol. The molecule has 0 saturated heterocycles. The molecule has 0 radical (unpaired) electrons. The number of hydrogen-bond acceptors (Lipinski definition) is 3. The van der Waals surface area contributed by atoms with E-state index in [4.69, 9.17) is 16.3 Å². The molecular weight excluding hydrogens is 340 g/mol. The van der Waals surface area contributed by atoms with Crippen molar-refractivity contribution in [2.75, 3.05) is 20.3 Å². The van der Waals surface area contributed by atoms with Crippen LogP contribution in [-0.4, -0.2) is 41.0 Å². The van der Waals surface area contributed by atoms with E-state index in [9.17, 15) is 4.79 Å². The van der Waals surface area contributed by atoms with Crippen LogP contribution in [0.3, 0.4) is 0 Å². The molecule has 0 spiro atoms. The highest BCUT2D eigenvalue weighted by molar-refractivity contribution is 6.30. The molecule has 0 bridgehead atoms. The van der Waals surface area contributed by atoms with Crippen LogP contribution in [0.25, 0.3) is 0 Å². The van der Waals surface area contributed by atoms with Crippen LogP contribution in [0.2, 0.25) is 5.02 Å². The zero-order valence-electron chi connectivity index (χ0n) is 15.2. The summed E-state index contributed by atoms with van der Waals surface area (Å²) in [6, 6.07) is 7.32. The van der Waals surface area contributed by atoms with E-state index < -0.39 is 0 Å². The Labute approximate surface area is 153 Å². The van der Waals surface area contributed by atoms with Gasteiger partial charge in [-0.05, 0) is 31.5 Å². The fourth-order valence-corrected chi connectivity index (χ4v) is 2.84. The van der Waals surface area contributed by atoms with E-state index in [1.165, 1.54) is 0 Å². The number of urea groups is 1. The first-order chi connectivity index (χ1) is 11.9. The molecule has 25 heavy (non-hydrogen) atoms. The van der Waals surface area contributed by atoms with Crippen LogP contribution < -0.4 is 5.32 Å². The first kappa shape index (κ1) is 19.3. The first-order valence-electron chi connectivity index (χ1n) is 8.17. The number of ether oxygens (including phenoxy) is 1. The van der Waals surface area contributed by atoms with Gasteiger partial charge < -0.3 is 15.0 Å². The molecule has 1 aromatic heterocycles. The monoisotopic (exact) mass is 364 g/mol. The third-order valence-electron chi connectivity index (χ3n) is 4.19. The number of aryl methyl sites for hydroxylation is 2. The number of amides is 2. The van der Waals surface area contributed by atoms with Gasteiger partial charge in [-0.3, -0.25) is 4.68 Å². The molecule has 6 nitrogen and oxygen atoms in total. The number of nitrogens with zero attached hydrogens (tertiary/aromatic N) is 3. The van der Waals surface area contributed by atoms with Gasteiger partial charge >= 0.3 is 6.03 Å². The number of methoxy groups -OCH3 is 1. The summed E-state index contributed by atoms with van der Waals surface area (Å²) >= 11 is 5.99. The summed E-state index contributed by atoms with van der Waals surface area (Å²) in [6.07, 6.45) is 0. The molecule has 1 aromatic carbocycles. The van der Waals surface area contributed by atoms with E-state index in [0.29, 0.717) is 31.3 Å². The summed E-state index contributed by atoms with van der Waals surface area (Å²) in [4.78, 5) is 14.4. The van der Waals surface area contributed by atoms with Gasteiger partial charge in [-0.2, -0.15) is 5.10 Å². The lowest BCUT2D eigenvalue weighted by Gasteiger charge is -2.23. The van der Waals surface area contributed by atoms with Crippen LogP contribution in [0.1, 0.15) is 22.5 Å². The smallest absolute Gasteiger partial charge is 0.318 e. The summed E-state index contributed by atoms with van der Waals surface area (Å²) < 4.78 is 6.98. The van der Waals surface area contributed by atoms with Crippen LogP contribution in [-0.2, 0) is 24.9 Å². The second-order valence-corrected chi connectivity index (χ2v) is 6.41. The molecule has 0 aliphatic heterocycles. The zero-order chi connectivity index (χ0) is 18.4. The second-order valence-electron chi connectivity index (χ2n) is 5.98. The van der Waals surface area contributed by atoms with Crippen molar-refractivity contribution >= 4 is 17.6 Å².